The summed E-state index contributed by atoms with van der Waals surface area (Å²) in [5, 5.41) is 8.05. The van der Waals surface area contributed by atoms with E-state index in [1.54, 1.807) is 11.8 Å². The second-order valence-electron chi connectivity index (χ2n) is 5.50. The Morgan fingerprint density at radius 1 is 1.33 bits per heavy atom. The van der Waals surface area contributed by atoms with Gasteiger partial charge in [-0.1, -0.05) is 12.1 Å². The Kier molecular flexibility index (Phi) is 5.61. The van der Waals surface area contributed by atoms with Crippen LogP contribution in [0.3, 0.4) is 0 Å². The predicted octanol–water partition coefficient (Wildman–Crippen LogP) is 2.59. The smallest absolute Gasteiger partial charge is 0.170 e. The van der Waals surface area contributed by atoms with E-state index >= 15 is 0 Å². The fourth-order valence-corrected chi connectivity index (χ4v) is 3.52. The minimum atomic E-state index is 0.107. The van der Waals surface area contributed by atoms with Crippen LogP contribution in [0.15, 0.2) is 29.3 Å². The molecule has 0 spiro atoms. The second-order valence-corrected chi connectivity index (χ2v) is 6.92. The molecule has 0 amide bonds. The molecule has 0 bridgehead atoms. The average molecular weight is 323 g/mol. The summed E-state index contributed by atoms with van der Waals surface area (Å²) in [5.41, 5.74) is 8.02. The molecule has 114 valence electrons. The maximum Gasteiger partial charge on any atom is 0.170 e. The quantitative estimate of drug-likeness (QED) is 0.744. The fourth-order valence-electron chi connectivity index (χ4n) is 1.94. The highest BCUT2D eigenvalue weighted by molar-refractivity contribution is 8.14. The van der Waals surface area contributed by atoms with Crippen molar-refractivity contribution in [2.24, 2.45) is 10.7 Å². The van der Waals surface area contributed by atoms with E-state index in [-0.39, 0.29) is 12.1 Å². The highest BCUT2D eigenvalue weighted by atomic mass is 32.2. The van der Waals surface area contributed by atoms with Gasteiger partial charge >= 0.3 is 0 Å². The summed E-state index contributed by atoms with van der Waals surface area (Å²) in [6.07, 6.45) is 0. The van der Waals surface area contributed by atoms with Crippen LogP contribution in [0.1, 0.15) is 26.3 Å². The van der Waals surface area contributed by atoms with Gasteiger partial charge in [-0.25, -0.2) is 0 Å². The number of rotatable bonds is 4. The molecule has 1 heterocycles. The number of nitrogens with one attached hydrogen (secondary N) is 2. The zero-order chi connectivity index (χ0) is 15.4. The third-order valence-corrected chi connectivity index (χ3v) is 4.43. The van der Waals surface area contributed by atoms with Gasteiger partial charge in [0.15, 0.2) is 5.11 Å². The Morgan fingerprint density at radius 2 is 2.00 bits per heavy atom. The van der Waals surface area contributed by atoms with Crippen LogP contribution in [-0.2, 0) is 0 Å². The highest BCUT2D eigenvalue weighted by Crippen LogP contribution is 2.25. The molecule has 21 heavy (non-hydrogen) atoms. The van der Waals surface area contributed by atoms with Crippen LogP contribution in [0.5, 0.6) is 0 Å². The summed E-state index contributed by atoms with van der Waals surface area (Å²) in [5.74, 6) is 0.968. The molecule has 0 fully saturated rings. The third-order valence-electron chi connectivity index (χ3n) is 3.09. The Balaban J connectivity index is 2.00. The van der Waals surface area contributed by atoms with Crippen molar-refractivity contribution in [3.8, 4) is 0 Å². The van der Waals surface area contributed by atoms with E-state index in [1.807, 2.05) is 19.1 Å². The van der Waals surface area contributed by atoms with Crippen LogP contribution in [0.25, 0.3) is 0 Å². The normalized spacial score (nSPS) is 19.3. The molecule has 0 saturated heterocycles. The lowest BCUT2D eigenvalue weighted by molar-refractivity contribution is 0.620. The number of hydrogen-bond donors (Lipinski definition) is 3. The maximum atomic E-state index is 5.90. The third kappa shape index (κ3) is 4.69. The number of thiocarbonyl (C=S) groups is 1. The molecule has 4 nitrogen and oxygen atoms in total. The monoisotopic (exact) mass is 322 g/mol. The number of benzene rings is 1. The topological polar surface area (TPSA) is 62.4 Å². The van der Waals surface area contributed by atoms with Crippen molar-refractivity contribution >= 4 is 39.8 Å². The first-order chi connectivity index (χ1) is 9.95. The lowest BCUT2D eigenvalue weighted by Gasteiger charge is -2.13. The molecular formula is C15H22N4S2. The van der Waals surface area contributed by atoms with Gasteiger partial charge in [0.25, 0.3) is 0 Å². The summed E-state index contributed by atoms with van der Waals surface area (Å²) in [6.45, 7) is 6.12. The minimum Gasteiger partial charge on any atom is -0.360 e. The first-order valence-corrected chi connectivity index (χ1v) is 8.49. The largest absolute Gasteiger partial charge is 0.360 e. The molecule has 0 radical (unpaired) electrons. The molecule has 1 aliphatic rings. The number of anilines is 1. The van der Waals surface area contributed by atoms with E-state index in [2.05, 4.69) is 41.6 Å². The van der Waals surface area contributed by atoms with Gasteiger partial charge in [0, 0.05) is 29.1 Å². The van der Waals surface area contributed by atoms with Gasteiger partial charge in [-0.3, -0.25) is 4.99 Å². The minimum absolute atomic E-state index is 0.107. The molecule has 4 N–H and O–H groups in total. The summed E-state index contributed by atoms with van der Waals surface area (Å²) in [7, 11) is 0. The van der Waals surface area contributed by atoms with E-state index in [9.17, 15) is 0 Å². The molecule has 1 aliphatic heterocycles. The molecule has 1 unspecified atom stereocenters. The molecular weight excluding hydrogens is 300 g/mol. The van der Waals surface area contributed by atoms with E-state index in [0.717, 1.165) is 22.0 Å². The number of nitrogens with two attached hydrogens (primary N) is 1. The lowest BCUT2D eigenvalue weighted by atomic mass is 10.2. The molecule has 0 aliphatic carbocycles. The van der Waals surface area contributed by atoms with Crippen LogP contribution in [0.2, 0.25) is 0 Å². The zero-order valence-electron chi connectivity index (χ0n) is 12.6. The maximum absolute atomic E-state index is 5.90. The second kappa shape index (κ2) is 7.24. The zero-order valence-corrected chi connectivity index (χ0v) is 14.2. The van der Waals surface area contributed by atoms with Crippen molar-refractivity contribution in [2.75, 3.05) is 11.1 Å². The van der Waals surface area contributed by atoms with E-state index in [0.29, 0.717) is 11.2 Å². The highest BCUT2D eigenvalue weighted by Gasteiger charge is 2.22. The standard InChI is InChI=1S/C15H22N4S2/c1-9(2)17-15(20)18-12-6-4-11(5-7-12)14-19-13(8-21-14)10(3)16/h4-7,9-10,13H,8,16H2,1-3H3,(H2,17,18,20)/t10?,13-/m1/s1. The van der Waals surface area contributed by atoms with Crippen LogP contribution in [-0.4, -0.2) is 34.0 Å². The number of hydrogen-bond acceptors (Lipinski definition) is 4. The predicted molar refractivity (Wildman–Crippen MR) is 97.4 cm³/mol. The fraction of sp³-hybridized carbons (Fsp3) is 0.467. The van der Waals surface area contributed by atoms with Gasteiger partial charge in [-0.05, 0) is 45.1 Å². The Labute approximate surface area is 136 Å². The molecule has 0 aromatic heterocycles. The first-order valence-electron chi connectivity index (χ1n) is 7.10. The molecule has 2 atom stereocenters. The lowest BCUT2D eigenvalue weighted by Crippen LogP contribution is -2.33. The van der Waals surface area contributed by atoms with E-state index in [1.165, 1.54) is 0 Å². The van der Waals surface area contributed by atoms with Gasteiger partial charge in [0.2, 0.25) is 0 Å². The average Bonchev–Trinajstić information content (AvgIpc) is 2.88. The van der Waals surface area contributed by atoms with Crippen molar-refractivity contribution in [3.63, 3.8) is 0 Å². The van der Waals surface area contributed by atoms with Crippen molar-refractivity contribution in [2.45, 2.75) is 38.9 Å². The van der Waals surface area contributed by atoms with Crippen molar-refractivity contribution in [1.82, 2.24) is 5.32 Å². The summed E-state index contributed by atoms with van der Waals surface area (Å²) < 4.78 is 0. The molecule has 1 aromatic rings. The molecule has 6 heteroatoms. The Hall–Kier alpha value is -1.11. The Morgan fingerprint density at radius 3 is 2.52 bits per heavy atom. The van der Waals surface area contributed by atoms with Crippen LogP contribution in [0, 0.1) is 0 Å². The number of nitrogens with zero attached hydrogens (tertiary/aromatic N) is 1. The van der Waals surface area contributed by atoms with Gasteiger partial charge in [0.1, 0.15) is 0 Å². The van der Waals surface area contributed by atoms with Crippen LogP contribution in [0.4, 0.5) is 5.69 Å². The number of aliphatic imine (C=N–C) groups is 1. The van der Waals surface area contributed by atoms with Crippen molar-refractivity contribution in [3.05, 3.63) is 29.8 Å². The van der Waals surface area contributed by atoms with Crippen molar-refractivity contribution < 1.29 is 0 Å². The van der Waals surface area contributed by atoms with E-state index in [4.69, 9.17) is 18.0 Å². The SMILES string of the molecule is CC(C)NC(=S)Nc1ccc(C2=N[C@@H](C(C)N)CS2)cc1. The van der Waals surface area contributed by atoms with Gasteiger partial charge in [-0.2, -0.15) is 0 Å². The summed E-state index contributed by atoms with van der Waals surface area (Å²) in [4.78, 5) is 4.68. The van der Waals surface area contributed by atoms with Crippen LogP contribution >= 0.6 is 24.0 Å². The number of thioether (sulfide) groups is 1. The molecule has 0 saturated carbocycles. The van der Waals surface area contributed by atoms with Crippen LogP contribution < -0.4 is 16.4 Å². The van der Waals surface area contributed by atoms with Crippen molar-refractivity contribution in [1.29, 1.82) is 0 Å². The first kappa shape index (κ1) is 16.3. The van der Waals surface area contributed by atoms with Gasteiger partial charge < -0.3 is 16.4 Å². The van der Waals surface area contributed by atoms with Gasteiger partial charge in [-0.15, -0.1) is 11.8 Å². The molecule has 1 aromatic carbocycles. The Bertz CT molecular complexity index is 523. The summed E-state index contributed by atoms with van der Waals surface area (Å²) >= 11 is 7.00. The molecule has 2 rings (SSSR count). The van der Waals surface area contributed by atoms with Gasteiger partial charge in [0.05, 0.1) is 11.1 Å². The summed E-state index contributed by atoms with van der Waals surface area (Å²) in [6, 6.07) is 8.83. The van der Waals surface area contributed by atoms with E-state index < -0.39 is 0 Å².